The number of carbonyl (C=O) groups excluding carboxylic acids is 1. The Bertz CT molecular complexity index is 1140. The number of fused-ring (bicyclic) bond motifs is 2. The van der Waals surface area contributed by atoms with Crippen molar-refractivity contribution >= 4 is 39.2 Å². The molecule has 2 aromatic rings. The highest BCUT2D eigenvalue weighted by Gasteiger charge is 2.52. The van der Waals surface area contributed by atoms with E-state index in [1.165, 1.54) is 31.4 Å². The molecule has 11 heteroatoms. The number of aromatic nitrogens is 1. The fraction of sp³-hybridized carbons (Fsp3) is 0.235. The van der Waals surface area contributed by atoms with Crippen LogP contribution in [0.1, 0.15) is 21.6 Å². The van der Waals surface area contributed by atoms with Crippen molar-refractivity contribution in [2.75, 3.05) is 18.1 Å². The first-order valence-corrected chi connectivity index (χ1v) is 10.2. The van der Waals surface area contributed by atoms with Crippen LogP contribution >= 0.6 is 11.6 Å². The lowest BCUT2D eigenvalue weighted by Gasteiger charge is -2.44. The Morgan fingerprint density at radius 2 is 2.11 bits per heavy atom. The minimum absolute atomic E-state index is 0.0605. The molecule has 4 rings (SSSR count). The van der Waals surface area contributed by atoms with E-state index in [-0.39, 0.29) is 29.3 Å². The first-order valence-electron chi connectivity index (χ1n) is 8.20. The predicted molar refractivity (Wildman–Crippen MR) is 102 cm³/mol. The zero-order chi connectivity index (χ0) is 20.3. The number of carbonyl (C=O) groups is 1. The number of sulfonamides is 1. The molecule has 28 heavy (non-hydrogen) atoms. The third-order valence-corrected chi connectivity index (χ3v) is 6.96. The molecule has 0 saturated heterocycles. The second kappa shape index (κ2) is 6.14. The third-order valence-electron chi connectivity index (χ3n) is 4.87. The molecule has 3 N–H and O–H groups in total. The number of nitrogens with one attached hydrogen (secondary N) is 1. The van der Waals surface area contributed by atoms with Crippen LogP contribution in [0.4, 0.5) is 10.1 Å². The van der Waals surface area contributed by atoms with E-state index in [1.54, 1.807) is 6.07 Å². The van der Waals surface area contributed by atoms with Gasteiger partial charge in [-0.1, -0.05) is 17.7 Å². The Balaban J connectivity index is 1.70. The van der Waals surface area contributed by atoms with Gasteiger partial charge in [0.1, 0.15) is 11.2 Å². The van der Waals surface area contributed by atoms with Gasteiger partial charge in [0.25, 0.3) is 5.91 Å². The van der Waals surface area contributed by atoms with Crippen LogP contribution in [0, 0.1) is 5.82 Å². The van der Waals surface area contributed by atoms with Crippen LogP contribution < -0.4 is 11.1 Å². The van der Waals surface area contributed by atoms with Crippen LogP contribution in [0.25, 0.3) is 0 Å². The Kier molecular flexibility index (Phi) is 4.09. The number of pyridine rings is 1. The summed E-state index contributed by atoms with van der Waals surface area (Å²) < 4.78 is 40.8. The Morgan fingerprint density at radius 3 is 2.75 bits per heavy atom. The maximum Gasteiger partial charge on any atom is 0.274 e. The van der Waals surface area contributed by atoms with Crippen LogP contribution in [0.15, 0.2) is 35.5 Å². The van der Waals surface area contributed by atoms with Gasteiger partial charge in [0.2, 0.25) is 16.0 Å². The number of halogens is 2. The highest BCUT2D eigenvalue weighted by Crippen LogP contribution is 2.48. The van der Waals surface area contributed by atoms with Gasteiger partial charge in [-0.25, -0.2) is 27.1 Å². The molecule has 8 nitrogen and oxygen atoms in total. The summed E-state index contributed by atoms with van der Waals surface area (Å²) in [4.78, 5) is 20.5. The SMILES string of the molecule is CN1C(N)=N[C@@]2(Cc3ccc(NC(=O)c4ccc(Cl)cn4)c(F)c32)CS1(=O)=O. The fourth-order valence-corrected chi connectivity index (χ4v) is 4.98. The van der Waals surface area contributed by atoms with E-state index < -0.39 is 33.0 Å². The maximum atomic E-state index is 15.2. The number of amides is 1. The summed E-state index contributed by atoms with van der Waals surface area (Å²) in [5.74, 6) is -1.95. The molecule has 0 radical (unpaired) electrons. The monoisotopic (exact) mass is 423 g/mol. The van der Waals surface area contributed by atoms with Crippen molar-refractivity contribution in [3.05, 3.63) is 58.1 Å². The van der Waals surface area contributed by atoms with Gasteiger partial charge in [-0.05, 0) is 23.8 Å². The molecule has 1 aromatic carbocycles. The summed E-state index contributed by atoms with van der Waals surface area (Å²) in [6.07, 6.45) is 1.56. The van der Waals surface area contributed by atoms with Gasteiger partial charge in [-0.15, -0.1) is 0 Å². The highest BCUT2D eigenvalue weighted by atomic mass is 35.5. The molecule has 2 heterocycles. The Morgan fingerprint density at radius 1 is 1.36 bits per heavy atom. The van der Waals surface area contributed by atoms with E-state index in [0.717, 1.165) is 4.31 Å². The fourth-order valence-electron chi connectivity index (χ4n) is 3.44. The summed E-state index contributed by atoms with van der Waals surface area (Å²) in [6.45, 7) is 0. The second-order valence-electron chi connectivity index (χ2n) is 6.68. The topological polar surface area (TPSA) is 118 Å². The number of benzene rings is 1. The molecule has 1 amide bonds. The quantitative estimate of drug-likeness (QED) is 0.758. The van der Waals surface area contributed by atoms with Crippen molar-refractivity contribution in [1.29, 1.82) is 0 Å². The number of nitrogens with two attached hydrogens (primary N) is 1. The van der Waals surface area contributed by atoms with Crippen molar-refractivity contribution in [3.8, 4) is 0 Å². The van der Waals surface area contributed by atoms with Crippen molar-refractivity contribution < 1.29 is 17.6 Å². The van der Waals surface area contributed by atoms with Crippen LogP contribution in [0.2, 0.25) is 5.02 Å². The minimum Gasteiger partial charge on any atom is -0.369 e. The summed E-state index contributed by atoms with van der Waals surface area (Å²) in [5, 5.41) is 2.82. The molecular formula is C17H15ClFN5O3S. The van der Waals surface area contributed by atoms with E-state index in [1.807, 2.05) is 0 Å². The number of hydrogen-bond acceptors (Lipinski definition) is 6. The first kappa shape index (κ1) is 18.6. The number of rotatable bonds is 2. The lowest BCUT2D eigenvalue weighted by Crippen LogP contribution is -2.55. The van der Waals surface area contributed by atoms with Crippen LogP contribution in [-0.2, 0) is 22.0 Å². The lowest BCUT2D eigenvalue weighted by atomic mass is 9.71. The number of hydrogen-bond donors (Lipinski definition) is 2. The zero-order valence-electron chi connectivity index (χ0n) is 14.6. The lowest BCUT2D eigenvalue weighted by molar-refractivity contribution is 0.102. The molecule has 1 atom stereocenters. The molecule has 1 aromatic heterocycles. The number of aliphatic imine (C=N–C) groups is 1. The van der Waals surface area contributed by atoms with Gasteiger partial charge in [0, 0.05) is 25.2 Å². The molecule has 2 aliphatic rings. The summed E-state index contributed by atoms with van der Waals surface area (Å²) >= 11 is 5.75. The number of guanidine groups is 1. The van der Waals surface area contributed by atoms with E-state index in [4.69, 9.17) is 17.3 Å². The second-order valence-corrected chi connectivity index (χ2v) is 9.12. The molecule has 146 valence electrons. The van der Waals surface area contributed by atoms with Gasteiger partial charge >= 0.3 is 0 Å². The summed E-state index contributed by atoms with van der Waals surface area (Å²) in [7, 11) is -2.42. The van der Waals surface area contributed by atoms with Crippen LogP contribution in [-0.4, -0.2) is 42.4 Å². The number of anilines is 1. The maximum absolute atomic E-state index is 15.2. The van der Waals surface area contributed by atoms with Crippen LogP contribution in [0.5, 0.6) is 0 Å². The van der Waals surface area contributed by atoms with Crippen LogP contribution in [0.3, 0.4) is 0 Å². The Labute approximate surface area is 165 Å². The summed E-state index contributed by atoms with van der Waals surface area (Å²) in [5.41, 5.74) is 5.18. The van der Waals surface area contributed by atoms with E-state index in [2.05, 4.69) is 15.3 Å². The van der Waals surface area contributed by atoms with Gasteiger partial charge in [0.05, 0.1) is 16.5 Å². The normalized spacial score (nSPS) is 22.2. The number of nitrogens with zero attached hydrogens (tertiary/aromatic N) is 3. The Hall–Kier alpha value is -2.72. The molecular weight excluding hydrogens is 409 g/mol. The summed E-state index contributed by atoms with van der Waals surface area (Å²) in [6, 6.07) is 5.96. The van der Waals surface area contributed by atoms with Gasteiger partial charge in [0.15, 0.2) is 5.82 Å². The van der Waals surface area contributed by atoms with E-state index in [0.29, 0.717) is 10.6 Å². The van der Waals surface area contributed by atoms with Gasteiger partial charge in [-0.2, -0.15) is 0 Å². The average molecular weight is 424 g/mol. The average Bonchev–Trinajstić information content (AvgIpc) is 2.61. The van der Waals surface area contributed by atoms with Crippen molar-refractivity contribution in [1.82, 2.24) is 9.29 Å². The first-order chi connectivity index (χ1) is 13.1. The minimum atomic E-state index is -3.72. The zero-order valence-corrected chi connectivity index (χ0v) is 16.2. The molecule has 1 spiro atoms. The van der Waals surface area contributed by atoms with Gasteiger partial charge < -0.3 is 11.1 Å². The third kappa shape index (κ3) is 2.80. The highest BCUT2D eigenvalue weighted by molar-refractivity contribution is 7.89. The molecule has 0 fully saturated rings. The molecule has 1 aliphatic carbocycles. The standard InChI is InChI=1S/C17H15ClFN5O3S/c1-24-16(20)23-17(8-28(24,26)27)6-9-2-4-11(14(19)13(9)17)22-15(25)12-5-3-10(18)7-21-12/h2-5,7H,6,8H2,1H3,(H2,20,23)(H,22,25)/t17-/m0/s1. The van der Waals surface area contributed by atoms with Crippen molar-refractivity contribution in [2.24, 2.45) is 10.7 Å². The molecule has 0 unspecified atom stereocenters. The van der Waals surface area contributed by atoms with E-state index >= 15 is 4.39 Å². The van der Waals surface area contributed by atoms with Crippen molar-refractivity contribution in [3.63, 3.8) is 0 Å². The predicted octanol–water partition coefficient (Wildman–Crippen LogP) is 1.47. The molecule has 1 aliphatic heterocycles. The van der Waals surface area contributed by atoms with Crippen molar-refractivity contribution in [2.45, 2.75) is 12.0 Å². The smallest absolute Gasteiger partial charge is 0.274 e. The van der Waals surface area contributed by atoms with E-state index in [9.17, 15) is 13.2 Å². The molecule has 0 saturated carbocycles. The van der Waals surface area contributed by atoms with Gasteiger partial charge in [-0.3, -0.25) is 4.79 Å². The molecule has 0 bridgehead atoms. The largest absolute Gasteiger partial charge is 0.369 e.